The third kappa shape index (κ3) is 5.90. The van der Waals surface area contributed by atoms with E-state index in [0.29, 0.717) is 17.9 Å². The number of piperazine rings is 1. The van der Waals surface area contributed by atoms with E-state index in [-0.39, 0.29) is 6.61 Å². The van der Waals surface area contributed by atoms with Gasteiger partial charge in [0.25, 0.3) is 0 Å². The van der Waals surface area contributed by atoms with Crippen molar-refractivity contribution >= 4 is 29.4 Å². The molecule has 0 amide bonds. The van der Waals surface area contributed by atoms with E-state index in [0.717, 1.165) is 44.0 Å². The van der Waals surface area contributed by atoms with Crippen molar-refractivity contribution in [2.24, 2.45) is 0 Å². The van der Waals surface area contributed by atoms with E-state index in [4.69, 9.17) is 18.9 Å². The monoisotopic (exact) mass is 514 g/mol. The normalized spacial score (nSPS) is 22.1. The molecule has 0 spiro atoms. The number of carbonyl (C=O) groups excluding carboxylic acids is 2. The summed E-state index contributed by atoms with van der Waals surface area (Å²) in [4.78, 5) is 30.9. The van der Waals surface area contributed by atoms with Crippen molar-refractivity contribution in [3.8, 4) is 11.5 Å². The van der Waals surface area contributed by atoms with E-state index in [9.17, 15) is 9.59 Å². The first-order valence-electron chi connectivity index (χ1n) is 12.2. The third-order valence-electron chi connectivity index (χ3n) is 6.71. The Labute approximate surface area is 216 Å². The number of para-hydroxylation sites is 1. The van der Waals surface area contributed by atoms with Crippen LogP contribution in [0.25, 0.3) is 0 Å². The molecule has 1 fully saturated rings. The highest BCUT2D eigenvalue weighted by Crippen LogP contribution is 2.48. The first-order valence-corrected chi connectivity index (χ1v) is 13.0. The van der Waals surface area contributed by atoms with Gasteiger partial charge in [-0.2, -0.15) is 0 Å². The Hall–Kier alpha value is -2.91. The van der Waals surface area contributed by atoms with Gasteiger partial charge in [-0.15, -0.1) is 0 Å². The van der Waals surface area contributed by atoms with Crippen LogP contribution in [0.3, 0.4) is 0 Å². The Bertz CT molecular complexity index is 1040. The predicted octanol–water partition coefficient (Wildman–Crippen LogP) is 3.63. The zero-order chi connectivity index (χ0) is 25.5. The molecule has 2 aliphatic heterocycles. The van der Waals surface area contributed by atoms with Crippen LogP contribution in [0.2, 0.25) is 0 Å². The average molecular weight is 515 g/mol. The van der Waals surface area contributed by atoms with Crippen LogP contribution in [-0.2, 0) is 19.1 Å². The number of hydrogen-bond donors (Lipinski definition) is 0. The molecular formula is C27H34N2O6S. The maximum Gasteiger partial charge on any atom is 0.326 e. The molecule has 1 saturated heterocycles. The van der Waals surface area contributed by atoms with Gasteiger partial charge in [0.2, 0.25) is 0 Å². The molecule has 36 heavy (non-hydrogen) atoms. The molecule has 8 nitrogen and oxygen atoms in total. The number of esters is 2. The highest BCUT2D eigenvalue weighted by atomic mass is 32.2. The van der Waals surface area contributed by atoms with Crippen molar-refractivity contribution < 1.29 is 28.5 Å². The lowest BCUT2D eigenvalue weighted by Crippen LogP contribution is -2.52. The minimum atomic E-state index is -1.14. The Morgan fingerprint density at radius 2 is 1.83 bits per heavy atom. The molecule has 0 aromatic heterocycles. The topological polar surface area (TPSA) is 77.5 Å². The molecule has 2 aromatic carbocycles. The number of thioether (sulfide) groups is 1. The fraction of sp³-hybridized carbons (Fsp3) is 0.481. The van der Waals surface area contributed by atoms with E-state index in [1.807, 2.05) is 18.2 Å². The lowest BCUT2D eigenvalue weighted by Gasteiger charge is -2.38. The van der Waals surface area contributed by atoms with Crippen LogP contribution in [-0.4, -0.2) is 81.2 Å². The molecule has 2 unspecified atom stereocenters. The number of hydrogen-bond acceptors (Lipinski definition) is 9. The Morgan fingerprint density at radius 1 is 1.08 bits per heavy atom. The summed E-state index contributed by atoms with van der Waals surface area (Å²) in [6.45, 7) is 6.06. The highest BCUT2D eigenvalue weighted by molar-refractivity contribution is 8.01. The fourth-order valence-electron chi connectivity index (χ4n) is 4.80. The van der Waals surface area contributed by atoms with E-state index < -0.39 is 22.8 Å². The smallest absolute Gasteiger partial charge is 0.326 e. The summed E-state index contributed by atoms with van der Waals surface area (Å²) in [5.41, 5.74) is 1.25. The van der Waals surface area contributed by atoms with E-state index in [1.54, 1.807) is 13.2 Å². The third-order valence-corrected chi connectivity index (χ3v) is 8.25. The predicted molar refractivity (Wildman–Crippen MR) is 139 cm³/mol. The molecule has 0 radical (unpaired) electrons. The molecule has 0 N–H and O–H groups in total. The summed E-state index contributed by atoms with van der Waals surface area (Å²) >= 11 is 1.34. The van der Waals surface area contributed by atoms with Crippen molar-refractivity contribution in [2.45, 2.75) is 35.5 Å². The molecule has 0 bridgehead atoms. The maximum atomic E-state index is 13.3. The van der Waals surface area contributed by atoms with Gasteiger partial charge in [0.1, 0.15) is 18.1 Å². The van der Waals surface area contributed by atoms with Crippen LogP contribution in [0.15, 0.2) is 53.4 Å². The summed E-state index contributed by atoms with van der Waals surface area (Å²) in [7, 11) is 2.97. The van der Waals surface area contributed by atoms with Crippen LogP contribution in [0.5, 0.6) is 11.5 Å². The lowest BCUT2D eigenvalue weighted by molar-refractivity contribution is -0.158. The first-order chi connectivity index (χ1) is 17.4. The van der Waals surface area contributed by atoms with Gasteiger partial charge in [0.05, 0.1) is 19.1 Å². The molecule has 2 heterocycles. The molecule has 0 saturated carbocycles. The fourth-order valence-corrected chi connectivity index (χ4v) is 6.26. The standard InChI is InChI=1S/C27H34N2O6S/c1-20(30)35-25-19-34-23-11-10-22(32-2)18-24(23)36-27(25,26(31)33-3)12-7-13-28-14-16-29(17-15-28)21-8-5-4-6-9-21/h4-6,8-11,18,25H,7,12-17,19H2,1-3H3. The summed E-state index contributed by atoms with van der Waals surface area (Å²) in [5.74, 6) is 0.400. The van der Waals surface area contributed by atoms with Gasteiger partial charge in [-0.1, -0.05) is 30.0 Å². The molecule has 194 valence electrons. The number of anilines is 1. The van der Waals surface area contributed by atoms with Crippen molar-refractivity contribution in [2.75, 3.05) is 58.5 Å². The molecule has 2 atom stereocenters. The maximum absolute atomic E-state index is 13.3. The van der Waals surface area contributed by atoms with Gasteiger partial charge in [0, 0.05) is 38.8 Å². The largest absolute Gasteiger partial charge is 0.497 e. The van der Waals surface area contributed by atoms with Crippen LogP contribution in [0.1, 0.15) is 19.8 Å². The van der Waals surface area contributed by atoms with Crippen molar-refractivity contribution in [3.63, 3.8) is 0 Å². The Balaban J connectivity index is 1.48. The SMILES string of the molecule is COC(=O)C1(CCCN2CCN(c3ccccc3)CC2)Sc2cc(OC)ccc2OCC1OC(C)=O. The summed E-state index contributed by atoms with van der Waals surface area (Å²) in [5, 5.41) is 0. The van der Waals surface area contributed by atoms with Gasteiger partial charge in [-0.05, 0) is 49.7 Å². The number of rotatable bonds is 8. The lowest BCUT2D eigenvalue weighted by atomic mass is 9.95. The Kier molecular flexibility index (Phi) is 8.64. The minimum Gasteiger partial charge on any atom is -0.497 e. The number of nitrogens with zero attached hydrogens (tertiary/aromatic N) is 2. The highest BCUT2D eigenvalue weighted by Gasteiger charge is 2.52. The number of benzene rings is 2. The van der Waals surface area contributed by atoms with Crippen LogP contribution < -0.4 is 14.4 Å². The van der Waals surface area contributed by atoms with Gasteiger partial charge in [-0.25, -0.2) is 0 Å². The quantitative estimate of drug-likeness (QED) is 0.491. The minimum absolute atomic E-state index is 0.0662. The van der Waals surface area contributed by atoms with Crippen LogP contribution in [0, 0.1) is 0 Å². The molecule has 0 aliphatic carbocycles. The average Bonchev–Trinajstić information content (AvgIpc) is 3.05. The second-order valence-electron chi connectivity index (χ2n) is 8.97. The number of carbonyl (C=O) groups is 2. The zero-order valence-corrected chi connectivity index (χ0v) is 21.9. The molecular weight excluding hydrogens is 480 g/mol. The molecule has 2 aliphatic rings. The molecule has 9 heteroatoms. The second-order valence-corrected chi connectivity index (χ2v) is 10.3. The number of fused-ring (bicyclic) bond motifs is 1. The number of methoxy groups -OCH3 is 2. The second kappa shape index (κ2) is 11.9. The van der Waals surface area contributed by atoms with E-state index in [1.165, 1.54) is 31.5 Å². The van der Waals surface area contributed by atoms with Crippen molar-refractivity contribution in [1.29, 1.82) is 0 Å². The van der Waals surface area contributed by atoms with Gasteiger partial charge in [0.15, 0.2) is 10.9 Å². The van der Waals surface area contributed by atoms with Crippen LogP contribution in [0.4, 0.5) is 5.69 Å². The van der Waals surface area contributed by atoms with Gasteiger partial charge >= 0.3 is 11.9 Å². The molecule has 4 rings (SSSR count). The van der Waals surface area contributed by atoms with E-state index in [2.05, 4.69) is 34.1 Å². The van der Waals surface area contributed by atoms with Crippen LogP contribution >= 0.6 is 11.8 Å². The Morgan fingerprint density at radius 3 is 2.50 bits per heavy atom. The first kappa shape index (κ1) is 26.2. The van der Waals surface area contributed by atoms with Crippen molar-refractivity contribution in [1.82, 2.24) is 4.90 Å². The summed E-state index contributed by atoms with van der Waals surface area (Å²) < 4.78 is 21.2. The van der Waals surface area contributed by atoms with Crippen molar-refractivity contribution in [3.05, 3.63) is 48.5 Å². The van der Waals surface area contributed by atoms with Gasteiger partial charge in [-0.3, -0.25) is 14.5 Å². The molecule has 2 aromatic rings. The summed E-state index contributed by atoms with van der Waals surface area (Å²) in [6, 6.07) is 15.9. The van der Waals surface area contributed by atoms with E-state index >= 15 is 0 Å². The number of ether oxygens (including phenoxy) is 4. The van der Waals surface area contributed by atoms with Gasteiger partial charge < -0.3 is 23.8 Å². The zero-order valence-electron chi connectivity index (χ0n) is 21.1. The summed E-state index contributed by atoms with van der Waals surface area (Å²) in [6.07, 6.45) is 0.423.